The SMILES string of the molecule is O=C(O)CN(c1ccccc1C(=O)O)S(=O)(=O)c1ccccc1. The fourth-order valence-electron chi connectivity index (χ4n) is 2.01. The number of rotatable bonds is 6. The summed E-state index contributed by atoms with van der Waals surface area (Å²) >= 11 is 0. The third kappa shape index (κ3) is 3.49. The van der Waals surface area contributed by atoms with E-state index in [2.05, 4.69) is 0 Å². The Bertz CT molecular complexity index is 832. The topological polar surface area (TPSA) is 112 Å². The number of hydrogen-bond donors (Lipinski definition) is 2. The van der Waals surface area contributed by atoms with Crippen LogP contribution in [0.5, 0.6) is 0 Å². The Morgan fingerprint density at radius 3 is 2.04 bits per heavy atom. The summed E-state index contributed by atoms with van der Waals surface area (Å²) in [5.41, 5.74) is -0.500. The van der Waals surface area contributed by atoms with E-state index in [1.54, 1.807) is 6.07 Å². The highest BCUT2D eigenvalue weighted by molar-refractivity contribution is 7.92. The van der Waals surface area contributed by atoms with E-state index in [9.17, 15) is 23.1 Å². The summed E-state index contributed by atoms with van der Waals surface area (Å²) in [6.45, 7) is -0.887. The molecule has 0 aliphatic carbocycles. The lowest BCUT2D eigenvalue weighted by Gasteiger charge is -2.24. The van der Waals surface area contributed by atoms with Gasteiger partial charge in [0.1, 0.15) is 6.54 Å². The van der Waals surface area contributed by atoms with Gasteiger partial charge in [0, 0.05) is 0 Å². The van der Waals surface area contributed by atoms with Gasteiger partial charge in [-0.25, -0.2) is 13.2 Å². The average molecular weight is 335 g/mol. The van der Waals surface area contributed by atoms with Gasteiger partial charge in [0.25, 0.3) is 10.0 Å². The zero-order valence-electron chi connectivity index (χ0n) is 11.8. The second kappa shape index (κ2) is 6.49. The fraction of sp³-hybridized carbons (Fsp3) is 0.0667. The summed E-state index contributed by atoms with van der Waals surface area (Å²) in [5.74, 6) is -2.75. The van der Waals surface area contributed by atoms with E-state index in [1.807, 2.05) is 0 Å². The monoisotopic (exact) mass is 335 g/mol. The molecule has 7 nitrogen and oxygen atoms in total. The third-order valence-electron chi connectivity index (χ3n) is 3.01. The van der Waals surface area contributed by atoms with Crippen molar-refractivity contribution in [3.05, 3.63) is 60.2 Å². The standard InChI is InChI=1S/C15H13NO6S/c17-14(18)10-16(13-9-5-4-8-12(13)15(19)20)23(21,22)11-6-2-1-3-7-11/h1-9H,10H2,(H,17,18)(H,19,20). The molecule has 0 aliphatic rings. The molecule has 0 radical (unpaired) electrons. The molecule has 0 unspecified atom stereocenters. The Balaban J connectivity index is 2.64. The van der Waals surface area contributed by atoms with E-state index in [-0.39, 0.29) is 16.1 Å². The van der Waals surface area contributed by atoms with Crippen molar-refractivity contribution in [1.82, 2.24) is 0 Å². The number of carbonyl (C=O) groups is 2. The lowest BCUT2D eigenvalue weighted by Crippen LogP contribution is -2.36. The van der Waals surface area contributed by atoms with Crippen LogP contribution in [0.25, 0.3) is 0 Å². The molecule has 0 amide bonds. The molecule has 120 valence electrons. The van der Waals surface area contributed by atoms with Crippen LogP contribution >= 0.6 is 0 Å². The quantitative estimate of drug-likeness (QED) is 0.830. The number of aliphatic carboxylic acids is 1. The van der Waals surface area contributed by atoms with Crippen LogP contribution in [0.4, 0.5) is 5.69 Å². The summed E-state index contributed by atoms with van der Waals surface area (Å²) in [6, 6.07) is 12.6. The van der Waals surface area contributed by atoms with Crippen molar-refractivity contribution in [1.29, 1.82) is 0 Å². The molecule has 2 aromatic carbocycles. The minimum absolute atomic E-state index is 0.124. The van der Waals surface area contributed by atoms with Crippen molar-refractivity contribution < 1.29 is 28.2 Å². The van der Waals surface area contributed by atoms with Gasteiger partial charge in [-0.05, 0) is 24.3 Å². The molecule has 0 heterocycles. The number of carboxylic acid groups (broad SMARTS) is 2. The molecular formula is C15H13NO6S. The van der Waals surface area contributed by atoms with Crippen molar-refractivity contribution in [2.75, 3.05) is 10.8 Å². The molecule has 2 rings (SSSR count). The molecule has 2 aromatic rings. The van der Waals surface area contributed by atoms with E-state index < -0.39 is 28.5 Å². The number of nitrogens with zero attached hydrogens (tertiary/aromatic N) is 1. The van der Waals surface area contributed by atoms with Crippen molar-refractivity contribution in [2.45, 2.75) is 4.90 Å². The highest BCUT2D eigenvalue weighted by Gasteiger charge is 2.29. The number of para-hydroxylation sites is 1. The van der Waals surface area contributed by atoms with Crippen LogP contribution in [0, 0.1) is 0 Å². The molecule has 0 bridgehead atoms. The van der Waals surface area contributed by atoms with Gasteiger partial charge in [-0.1, -0.05) is 30.3 Å². The van der Waals surface area contributed by atoms with Gasteiger partial charge in [0.05, 0.1) is 16.1 Å². The van der Waals surface area contributed by atoms with Crippen LogP contribution in [0.3, 0.4) is 0 Å². The zero-order chi connectivity index (χ0) is 17.0. The van der Waals surface area contributed by atoms with E-state index in [0.29, 0.717) is 4.31 Å². The van der Waals surface area contributed by atoms with Crippen LogP contribution in [-0.2, 0) is 14.8 Å². The fourth-order valence-corrected chi connectivity index (χ4v) is 3.47. The number of sulfonamides is 1. The lowest BCUT2D eigenvalue weighted by atomic mass is 10.2. The summed E-state index contributed by atoms with van der Waals surface area (Å²) < 4.78 is 26.0. The molecular weight excluding hydrogens is 322 g/mol. The van der Waals surface area contributed by atoms with Gasteiger partial charge < -0.3 is 10.2 Å². The number of anilines is 1. The summed E-state index contributed by atoms with van der Waals surface area (Å²) in [5, 5.41) is 18.2. The molecule has 0 aromatic heterocycles. The molecule has 0 spiro atoms. The van der Waals surface area contributed by atoms with Gasteiger partial charge in [0.15, 0.2) is 0 Å². The largest absolute Gasteiger partial charge is 0.480 e. The lowest BCUT2D eigenvalue weighted by molar-refractivity contribution is -0.135. The molecule has 0 aliphatic heterocycles. The maximum absolute atomic E-state index is 12.7. The first-order valence-electron chi connectivity index (χ1n) is 6.46. The Labute approximate surface area is 132 Å². The molecule has 0 fully saturated rings. The molecule has 0 saturated carbocycles. The highest BCUT2D eigenvalue weighted by atomic mass is 32.2. The number of carboxylic acids is 2. The minimum atomic E-state index is -4.22. The maximum Gasteiger partial charge on any atom is 0.337 e. The second-order valence-corrected chi connectivity index (χ2v) is 6.40. The van der Waals surface area contributed by atoms with Crippen molar-refractivity contribution in [3.63, 3.8) is 0 Å². The third-order valence-corrected chi connectivity index (χ3v) is 4.79. The highest BCUT2D eigenvalue weighted by Crippen LogP contribution is 2.27. The number of benzene rings is 2. The normalized spacial score (nSPS) is 11.0. The first-order chi connectivity index (χ1) is 10.8. The van der Waals surface area contributed by atoms with Crippen LogP contribution in [-0.4, -0.2) is 37.1 Å². The van der Waals surface area contributed by atoms with Crippen molar-refractivity contribution in [3.8, 4) is 0 Å². The Hall–Kier alpha value is -2.87. The average Bonchev–Trinajstić information content (AvgIpc) is 2.53. The summed E-state index contributed by atoms with van der Waals surface area (Å²) in [6.07, 6.45) is 0. The van der Waals surface area contributed by atoms with Gasteiger partial charge in [-0.15, -0.1) is 0 Å². The van der Waals surface area contributed by atoms with E-state index >= 15 is 0 Å². The second-order valence-electron chi connectivity index (χ2n) is 4.54. The molecule has 2 N–H and O–H groups in total. The van der Waals surface area contributed by atoms with Crippen LogP contribution < -0.4 is 4.31 Å². The van der Waals surface area contributed by atoms with Crippen LogP contribution in [0.1, 0.15) is 10.4 Å². The van der Waals surface area contributed by atoms with Gasteiger partial charge in [0.2, 0.25) is 0 Å². The zero-order valence-corrected chi connectivity index (χ0v) is 12.6. The molecule has 0 saturated heterocycles. The molecule has 0 atom stereocenters. The molecule has 8 heteroatoms. The number of hydrogen-bond acceptors (Lipinski definition) is 4. The first-order valence-corrected chi connectivity index (χ1v) is 7.90. The Kier molecular flexibility index (Phi) is 4.65. The van der Waals surface area contributed by atoms with Crippen LogP contribution in [0.2, 0.25) is 0 Å². The summed E-state index contributed by atoms with van der Waals surface area (Å²) in [4.78, 5) is 22.3. The molecule has 23 heavy (non-hydrogen) atoms. The minimum Gasteiger partial charge on any atom is -0.480 e. The van der Waals surface area contributed by atoms with Crippen molar-refractivity contribution in [2.24, 2.45) is 0 Å². The Morgan fingerprint density at radius 1 is 0.913 bits per heavy atom. The number of aromatic carboxylic acids is 1. The summed E-state index contributed by atoms with van der Waals surface area (Å²) in [7, 11) is -4.22. The maximum atomic E-state index is 12.7. The van der Waals surface area contributed by atoms with Crippen molar-refractivity contribution >= 4 is 27.6 Å². The van der Waals surface area contributed by atoms with Crippen LogP contribution in [0.15, 0.2) is 59.5 Å². The van der Waals surface area contributed by atoms with Gasteiger partial charge in [-0.3, -0.25) is 9.10 Å². The smallest absolute Gasteiger partial charge is 0.337 e. The van der Waals surface area contributed by atoms with Gasteiger partial charge in [-0.2, -0.15) is 0 Å². The predicted molar refractivity (Wildman–Crippen MR) is 82.0 cm³/mol. The van der Waals surface area contributed by atoms with E-state index in [4.69, 9.17) is 5.11 Å². The van der Waals surface area contributed by atoms with Gasteiger partial charge >= 0.3 is 11.9 Å². The first kappa shape index (κ1) is 16.5. The predicted octanol–water partition coefficient (Wildman–Crippen LogP) is 1.66. The van der Waals surface area contributed by atoms with E-state index in [0.717, 1.165) is 0 Å². The van der Waals surface area contributed by atoms with E-state index in [1.165, 1.54) is 48.5 Å². The Morgan fingerprint density at radius 2 is 1.48 bits per heavy atom.